The molecule has 3 nitrogen and oxygen atoms in total. The van der Waals surface area contributed by atoms with Gasteiger partial charge in [0, 0.05) is 16.2 Å². The van der Waals surface area contributed by atoms with Crippen molar-refractivity contribution in [2.24, 2.45) is 0 Å². The molecule has 0 fully saturated rings. The minimum atomic E-state index is -4.59. The van der Waals surface area contributed by atoms with Gasteiger partial charge in [0.05, 0.1) is 0 Å². The molecule has 1 aromatic rings. The molecular weight excluding hydrogens is 322 g/mol. The van der Waals surface area contributed by atoms with Crippen molar-refractivity contribution in [1.82, 2.24) is 4.98 Å². The van der Waals surface area contributed by atoms with Gasteiger partial charge in [0.2, 0.25) is 5.95 Å². The van der Waals surface area contributed by atoms with Crippen LogP contribution in [0.4, 0.5) is 13.2 Å². The van der Waals surface area contributed by atoms with Crippen molar-refractivity contribution in [3.63, 3.8) is 0 Å². The number of hydrogen-bond acceptors (Lipinski definition) is 3. The van der Waals surface area contributed by atoms with Crippen molar-refractivity contribution in [2.45, 2.75) is 11.3 Å². The van der Waals surface area contributed by atoms with Gasteiger partial charge in [-0.25, -0.2) is 22.2 Å². The normalized spacial score (nSPS) is 12.1. The van der Waals surface area contributed by atoms with Crippen LogP contribution >= 0.6 is 26.6 Å². The monoisotopic (exact) mass is 323 g/mol. The lowest BCUT2D eigenvalue weighted by atomic mass is 10.3. The van der Waals surface area contributed by atoms with Crippen molar-refractivity contribution < 1.29 is 21.6 Å². The van der Waals surface area contributed by atoms with E-state index in [9.17, 15) is 21.6 Å². The Morgan fingerprint density at radius 1 is 1.47 bits per heavy atom. The summed E-state index contributed by atoms with van der Waals surface area (Å²) in [7, 11) is 0.217. The van der Waals surface area contributed by atoms with E-state index < -0.39 is 31.9 Å². The van der Waals surface area contributed by atoms with Crippen molar-refractivity contribution >= 4 is 35.7 Å². The molecule has 0 aliphatic heterocycles. The fraction of sp³-hybridized carbons (Fsp3) is 0.167. The lowest BCUT2D eigenvalue weighted by Gasteiger charge is -2.06. The minimum Gasteiger partial charge on any atom is -0.211 e. The quantitative estimate of drug-likeness (QED) is 0.621. The van der Waals surface area contributed by atoms with Gasteiger partial charge < -0.3 is 0 Å². The molecule has 0 aliphatic carbocycles. The summed E-state index contributed by atoms with van der Waals surface area (Å²) in [5.41, 5.74) is -1.02. The Balaban J connectivity index is 3.62. The molecule has 0 spiro atoms. The first kappa shape index (κ1) is 12.7. The van der Waals surface area contributed by atoms with Crippen molar-refractivity contribution in [3.05, 3.63) is 22.2 Å². The maximum absolute atomic E-state index is 13.0. The molecule has 0 amide bonds. The number of hydrogen-bond donors (Lipinski definition) is 0. The number of halogens is 5. The standard InChI is InChI=1S/C6H2BrClF3NO2S/c7-3-1-2(5(9)10)4(6(11)12-3)15(8,13)14/h1,5H. The molecule has 1 rings (SSSR count). The average molecular weight is 325 g/mol. The van der Waals surface area contributed by atoms with Gasteiger partial charge in [-0.2, -0.15) is 4.39 Å². The van der Waals surface area contributed by atoms with E-state index in [0.717, 1.165) is 0 Å². The van der Waals surface area contributed by atoms with Gasteiger partial charge in [-0.1, -0.05) is 0 Å². The van der Waals surface area contributed by atoms with Crippen LogP contribution in [-0.4, -0.2) is 13.4 Å². The second-order valence-corrected chi connectivity index (χ2v) is 5.71. The van der Waals surface area contributed by atoms with Crippen LogP contribution in [0, 0.1) is 5.95 Å². The van der Waals surface area contributed by atoms with Crippen LogP contribution in [0.2, 0.25) is 0 Å². The van der Waals surface area contributed by atoms with E-state index in [1.54, 1.807) is 0 Å². The zero-order valence-corrected chi connectivity index (χ0v) is 9.87. The van der Waals surface area contributed by atoms with Crippen LogP contribution in [0.5, 0.6) is 0 Å². The first-order valence-electron chi connectivity index (χ1n) is 3.32. The molecule has 0 atom stereocenters. The summed E-state index contributed by atoms with van der Waals surface area (Å²) in [5, 5.41) is 0. The molecule has 9 heteroatoms. The molecule has 1 heterocycles. The van der Waals surface area contributed by atoms with Crippen LogP contribution in [0.3, 0.4) is 0 Å². The highest BCUT2D eigenvalue weighted by atomic mass is 79.9. The highest BCUT2D eigenvalue weighted by Crippen LogP contribution is 2.31. The van der Waals surface area contributed by atoms with Crippen molar-refractivity contribution in [2.75, 3.05) is 0 Å². The van der Waals surface area contributed by atoms with Crippen LogP contribution in [-0.2, 0) is 9.05 Å². The van der Waals surface area contributed by atoms with Crippen molar-refractivity contribution in [3.8, 4) is 0 Å². The van der Waals surface area contributed by atoms with Crippen LogP contribution in [0.15, 0.2) is 15.6 Å². The second-order valence-electron chi connectivity index (χ2n) is 2.39. The number of nitrogens with zero attached hydrogens (tertiary/aromatic N) is 1. The molecule has 0 aromatic carbocycles. The molecule has 15 heavy (non-hydrogen) atoms. The molecule has 0 unspecified atom stereocenters. The van der Waals surface area contributed by atoms with Gasteiger partial charge in [0.1, 0.15) is 9.50 Å². The third-order valence-corrected chi connectivity index (χ3v) is 3.17. The summed E-state index contributed by atoms with van der Waals surface area (Å²) >= 11 is 2.66. The van der Waals surface area contributed by atoms with E-state index >= 15 is 0 Å². The van der Waals surface area contributed by atoms with Crippen molar-refractivity contribution in [1.29, 1.82) is 0 Å². The van der Waals surface area contributed by atoms with Gasteiger partial charge in [-0.3, -0.25) is 0 Å². The fourth-order valence-electron chi connectivity index (χ4n) is 0.893. The first-order valence-corrected chi connectivity index (χ1v) is 6.42. The molecule has 84 valence electrons. The smallest absolute Gasteiger partial charge is 0.211 e. The molecule has 0 N–H and O–H groups in total. The summed E-state index contributed by atoms with van der Waals surface area (Å²) < 4.78 is 59.2. The lowest BCUT2D eigenvalue weighted by Crippen LogP contribution is -2.05. The third-order valence-electron chi connectivity index (χ3n) is 1.41. The number of pyridine rings is 1. The van der Waals surface area contributed by atoms with E-state index in [2.05, 4.69) is 20.9 Å². The maximum atomic E-state index is 13.0. The predicted molar refractivity (Wildman–Crippen MR) is 49.9 cm³/mol. The molecule has 0 bridgehead atoms. The van der Waals surface area contributed by atoms with Crippen LogP contribution in [0.1, 0.15) is 12.0 Å². The van der Waals surface area contributed by atoms with Gasteiger partial charge in [0.15, 0.2) is 0 Å². The zero-order valence-electron chi connectivity index (χ0n) is 6.72. The predicted octanol–water partition coefficient (Wildman–Crippen LogP) is 2.85. The number of rotatable bonds is 2. The maximum Gasteiger partial charge on any atom is 0.266 e. The highest BCUT2D eigenvalue weighted by Gasteiger charge is 2.27. The molecule has 0 saturated carbocycles. The SMILES string of the molecule is O=S(=O)(Cl)c1c(C(F)F)cc(Br)nc1F. The Morgan fingerprint density at radius 2 is 2.00 bits per heavy atom. The van der Waals surface area contributed by atoms with Gasteiger partial charge in [-0.05, 0) is 22.0 Å². The van der Waals surface area contributed by atoms with E-state index in [-0.39, 0.29) is 4.60 Å². The van der Waals surface area contributed by atoms with Crippen LogP contribution in [0.25, 0.3) is 0 Å². The Bertz CT molecular complexity index is 493. The molecule has 0 radical (unpaired) electrons. The Morgan fingerprint density at radius 3 is 2.40 bits per heavy atom. The van der Waals surface area contributed by atoms with Gasteiger partial charge in [0.25, 0.3) is 15.5 Å². The second kappa shape index (κ2) is 4.26. The Hall–Kier alpha value is -0.340. The number of aromatic nitrogens is 1. The molecule has 0 saturated heterocycles. The summed E-state index contributed by atoms with van der Waals surface area (Å²) in [4.78, 5) is 1.75. The summed E-state index contributed by atoms with van der Waals surface area (Å²) in [6.45, 7) is 0. The van der Waals surface area contributed by atoms with Gasteiger partial charge >= 0.3 is 0 Å². The molecule has 0 aliphatic rings. The zero-order chi connectivity index (χ0) is 11.8. The van der Waals surface area contributed by atoms with Crippen LogP contribution < -0.4 is 0 Å². The summed E-state index contributed by atoms with van der Waals surface area (Å²) in [6.07, 6.45) is -3.16. The Labute approximate surface area is 95.8 Å². The van der Waals surface area contributed by atoms with Gasteiger partial charge in [-0.15, -0.1) is 0 Å². The molecule has 1 aromatic heterocycles. The summed E-state index contributed by atoms with van der Waals surface area (Å²) in [5.74, 6) is -1.56. The highest BCUT2D eigenvalue weighted by molar-refractivity contribution is 9.10. The number of alkyl halides is 2. The van der Waals surface area contributed by atoms with E-state index in [1.807, 2.05) is 0 Å². The largest absolute Gasteiger partial charge is 0.266 e. The van der Waals surface area contributed by atoms with E-state index in [0.29, 0.717) is 6.07 Å². The summed E-state index contributed by atoms with van der Waals surface area (Å²) in [6, 6.07) is 0.697. The Kier molecular flexibility index (Phi) is 3.62. The fourth-order valence-corrected chi connectivity index (χ4v) is 2.43. The van der Waals surface area contributed by atoms with E-state index in [4.69, 9.17) is 10.7 Å². The molecular formula is C6H2BrClF3NO2S. The lowest BCUT2D eigenvalue weighted by molar-refractivity contribution is 0.146. The minimum absolute atomic E-state index is 0.237. The third kappa shape index (κ3) is 2.82. The average Bonchev–Trinajstić information content (AvgIpc) is 1.99. The first-order chi connectivity index (χ1) is 6.73. The van der Waals surface area contributed by atoms with E-state index in [1.165, 1.54) is 0 Å². The topological polar surface area (TPSA) is 47.0 Å².